The maximum absolute atomic E-state index is 14.2. The highest BCUT2D eigenvalue weighted by atomic mass is 33.1. The number of fused-ring (bicyclic) bond motifs is 2. The number of rotatable bonds is 49. The van der Waals surface area contributed by atoms with Crippen LogP contribution in [0.15, 0.2) is 65.7 Å². The fourth-order valence-corrected chi connectivity index (χ4v) is 13.3. The summed E-state index contributed by atoms with van der Waals surface area (Å²) in [6, 6.07) is 4.84. The van der Waals surface area contributed by atoms with Crippen molar-refractivity contribution in [3.05, 3.63) is 105 Å². The molecule has 0 aliphatic rings. The van der Waals surface area contributed by atoms with Crippen molar-refractivity contribution in [3.63, 3.8) is 0 Å². The van der Waals surface area contributed by atoms with Crippen LogP contribution in [0.25, 0.3) is 22.3 Å². The van der Waals surface area contributed by atoms with Gasteiger partial charge in [0.05, 0.1) is 85.3 Å². The van der Waals surface area contributed by atoms with E-state index >= 15 is 0 Å². The molecule has 4 heterocycles. The number of amides is 4. The molecule has 0 saturated carbocycles. The number of nitrogen functional groups attached to an aromatic ring is 2. The summed E-state index contributed by atoms with van der Waals surface area (Å²) >= 11 is 0. The molecule has 0 unspecified atom stereocenters. The van der Waals surface area contributed by atoms with E-state index in [0.29, 0.717) is 40.7 Å². The lowest BCUT2D eigenvalue weighted by molar-refractivity contribution is -0.145. The van der Waals surface area contributed by atoms with Crippen LogP contribution in [0.4, 0.5) is 17.6 Å². The van der Waals surface area contributed by atoms with Gasteiger partial charge in [0, 0.05) is 73.4 Å². The van der Waals surface area contributed by atoms with Crippen molar-refractivity contribution < 1.29 is 108 Å². The molecule has 8 atom stereocenters. The maximum Gasteiger partial charge on any atom is 0.327 e. The van der Waals surface area contributed by atoms with E-state index in [0.717, 1.165) is 16.4 Å². The standard InChI is InChI=1S/C67H79N19O23S2/c68-54-52-55(84-66(71)83-54)75-25-38(77-52)11-5-30-3-6-31(7-4-30)45(88)19-33(61(102)103)10-16-48(91)79-44(64(108)109)29-111-110-28-36(62(104)105)21-47(90)43(24-51(96)97)82-59(100)35(23-50(94)95)20-46(89)41(2-1-17-73-65(69)70)80-58(99)34(22-49(92)93)18-40(87)14-15-42(63(106)107)81-57(98)32-8-12-37(13-9-32)74-26-39-27-76-56-53(78-39)60(101)86-67(72)85-56/h3-4,6-9,12-13,25,27,33-36,41-44,74H,1-2,5,10-11,14-24,26,28-29H2,(H,79,91)(H,80,99)(H,81,98)(H,82,100)(H,92,93)(H,94,95)(H,96,97)(H,102,103)(H,104,105)(H,106,107)(H,108,109)(H4,69,70,73)(H4,68,71,75,83,84)(H3,72,76,85,86,101)/t33-,34+,35+,36+,41+,42+,43+,44+/m1/s1. The van der Waals surface area contributed by atoms with Crippen LogP contribution in [0, 0.1) is 34.5 Å². The van der Waals surface area contributed by atoms with Crippen LogP contribution in [-0.2, 0) is 81.7 Å². The minimum Gasteiger partial charge on any atom is -0.481 e. The van der Waals surface area contributed by atoms with Crippen molar-refractivity contribution in [2.45, 2.75) is 127 Å². The van der Waals surface area contributed by atoms with Gasteiger partial charge in [-0.2, -0.15) is 9.97 Å². The Morgan fingerprint density at radius 2 is 1.06 bits per heavy atom. The van der Waals surface area contributed by atoms with E-state index in [9.17, 15) is 112 Å². The summed E-state index contributed by atoms with van der Waals surface area (Å²) in [6.45, 7) is -0.0633. The van der Waals surface area contributed by atoms with Gasteiger partial charge in [0.1, 0.15) is 17.9 Å². The predicted octanol–water partition coefficient (Wildman–Crippen LogP) is -0.444. The van der Waals surface area contributed by atoms with Crippen LogP contribution in [0.1, 0.15) is 121 Å². The van der Waals surface area contributed by atoms with E-state index < -0.39 is 224 Å². The van der Waals surface area contributed by atoms with E-state index in [1.807, 2.05) is 0 Å². The zero-order valence-corrected chi connectivity index (χ0v) is 60.4. The van der Waals surface area contributed by atoms with Gasteiger partial charge in [-0.25, -0.2) is 29.5 Å². The summed E-state index contributed by atoms with van der Waals surface area (Å²) in [5.74, 6) is -27.7. The summed E-state index contributed by atoms with van der Waals surface area (Å²) in [5, 5.41) is 99.3. The summed E-state index contributed by atoms with van der Waals surface area (Å²) < 4.78 is 0. The number of aromatic nitrogens is 8. The molecule has 592 valence electrons. The number of nitrogens with zero attached hydrogens (tertiary/aromatic N) is 6. The summed E-state index contributed by atoms with van der Waals surface area (Å²) in [4.78, 5) is 236. The number of nitrogens with two attached hydrogens (primary N) is 3. The first-order chi connectivity index (χ1) is 52.5. The molecule has 42 nitrogen and oxygen atoms in total. The fraction of sp³-hybridized carbons (Fsp3) is 0.403. The quantitative estimate of drug-likeness (QED) is 0.00756. The molecule has 111 heavy (non-hydrogen) atoms. The van der Waals surface area contributed by atoms with Crippen molar-refractivity contribution in [2.75, 3.05) is 34.8 Å². The number of aromatic amines is 2. The number of carboxylic acid groups (broad SMARTS) is 7. The molecule has 0 spiro atoms. The Kier molecular flexibility index (Phi) is 32.9. The molecular formula is C67H79N19O23S2. The number of ketones is 4. The van der Waals surface area contributed by atoms with Gasteiger partial charge in [-0.3, -0.25) is 82.9 Å². The largest absolute Gasteiger partial charge is 0.481 e. The number of anilines is 3. The van der Waals surface area contributed by atoms with Crippen LogP contribution in [0.3, 0.4) is 0 Å². The first-order valence-electron chi connectivity index (χ1n) is 33.7. The number of benzene rings is 2. The topological polar surface area (TPSA) is 722 Å². The number of guanidine groups is 1. The maximum atomic E-state index is 14.2. The molecule has 2 aromatic carbocycles. The van der Waals surface area contributed by atoms with Crippen molar-refractivity contribution in [1.29, 1.82) is 10.8 Å². The Morgan fingerprint density at radius 1 is 0.514 bits per heavy atom. The highest BCUT2D eigenvalue weighted by Gasteiger charge is 2.36. The second-order valence-corrected chi connectivity index (χ2v) is 27.7. The molecule has 4 amide bonds. The van der Waals surface area contributed by atoms with Crippen molar-refractivity contribution in [3.8, 4) is 0 Å². The number of carbonyl (C=O) groups excluding carboxylic acids is 8. The molecule has 0 fully saturated rings. The van der Waals surface area contributed by atoms with Crippen LogP contribution in [0.2, 0.25) is 0 Å². The van der Waals surface area contributed by atoms with Gasteiger partial charge < -0.3 is 89.8 Å². The lowest BCUT2D eigenvalue weighted by Gasteiger charge is -2.24. The molecule has 0 saturated heterocycles. The number of H-pyrrole nitrogens is 2. The van der Waals surface area contributed by atoms with Gasteiger partial charge in [-0.1, -0.05) is 45.9 Å². The average molecular weight is 1580 g/mol. The minimum atomic E-state index is -2.07. The van der Waals surface area contributed by atoms with Gasteiger partial charge in [0.2, 0.25) is 29.6 Å². The molecule has 0 aliphatic carbocycles. The smallest absolute Gasteiger partial charge is 0.327 e. The Bertz CT molecular complexity index is 4640. The lowest BCUT2D eigenvalue weighted by Crippen LogP contribution is -2.48. The Hall–Kier alpha value is -12.9. The van der Waals surface area contributed by atoms with E-state index in [1.165, 1.54) is 48.8 Å². The molecular weight excluding hydrogens is 1500 g/mol. The molecule has 4 aromatic heterocycles. The van der Waals surface area contributed by atoms with Gasteiger partial charge in [0.15, 0.2) is 51.1 Å². The molecule has 6 aromatic rings. The van der Waals surface area contributed by atoms with Crippen molar-refractivity contribution in [1.82, 2.24) is 66.5 Å². The van der Waals surface area contributed by atoms with Gasteiger partial charge >= 0.3 is 41.8 Å². The number of carbonyl (C=O) groups is 15. The molecule has 0 aliphatic heterocycles. The number of hydrogen-bond acceptors (Lipinski definition) is 29. The second kappa shape index (κ2) is 42.0. The Balaban J connectivity index is 0.996. The van der Waals surface area contributed by atoms with E-state index in [1.54, 1.807) is 12.1 Å². The monoisotopic (exact) mass is 1580 g/mol. The van der Waals surface area contributed by atoms with Crippen molar-refractivity contribution in [2.24, 2.45) is 29.4 Å². The average Bonchev–Trinajstić information content (AvgIpc) is 0.815. The van der Waals surface area contributed by atoms with Gasteiger partial charge in [-0.05, 0) is 68.4 Å². The van der Waals surface area contributed by atoms with Crippen LogP contribution in [-0.4, -0.2) is 212 Å². The zero-order valence-electron chi connectivity index (χ0n) is 58.7. The second-order valence-electron chi connectivity index (χ2n) is 25.2. The lowest BCUT2D eigenvalue weighted by atomic mass is 9.90. The first-order valence-corrected chi connectivity index (χ1v) is 36.2. The molecule has 44 heteroatoms. The summed E-state index contributed by atoms with van der Waals surface area (Å²) in [7, 11) is 1.44. The summed E-state index contributed by atoms with van der Waals surface area (Å²) in [6.07, 6.45) is -5.78. The minimum absolute atomic E-state index is 0.00649. The van der Waals surface area contributed by atoms with Crippen LogP contribution in [0.5, 0.6) is 0 Å². The molecule has 23 N–H and O–H groups in total. The van der Waals surface area contributed by atoms with E-state index in [-0.39, 0.29) is 83.2 Å². The molecule has 0 bridgehead atoms. The third-order valence-electron chi connectivity index (χ3n) is 16.7. The SMILES string of the molecule is N=C(N)NCCC[C@H](NC(=O)[C@H](CC(=O)O)CC(=O)CC[C@H](NC(=O)c1ccc(NCc2cnc3nc(N)[nH]c(=O)c3n2)cc1)C(=O)O)C(=O)C[C@@H](CC(=O)O)C(=O)N[C@@H](CC(=O)O)C(=O)C[C@@H](CSSC[C@H](NC(=O)CC[C@H](CC(=O)c1ccc(CCc2cnc3nc(N)[nH]c(=N)c3n2)cc1)C(=O)O)C(=O)O)C(=O)O. The third-order valence-corrected chi connectivity index (χ3v) is 19.2. The highest BCUT2D eigenvalue weighted by molar-refractivity contribution is 8.76. The normalized spacial score (nSPS) is 13.3. The molecule has 6 rings (SSSR count). The van der Waals surface area contributed by atoms with Crippen molar-refractivity contribution >= 4 is 156 Å². The first kappa shape index (κ1) is 87.0. The third kappa shape index (κ3) is 28.6. The number of carboxylic acids is 7. The number of Topliss-reactive ketones (excluding diaryl/α,β-unsaturated/α-hetero) is 4. The number of hydrogen-bond donors (Lipinski definition) is 20. The molecule has 0 radical (unpaired) electrons. The van der Waals surface area contributed by atoms with Crippen LogP contribution >= 0.6 is 21.6 Å². The predicted molar refractivity (Wildman–Crippen MR) is 391 cm³/mol. The van der Waals surface area contributed by atoms with Gasteiger partial charge in [-0.15, -0.1) is 0 Å². The van der Waals surface area contributed by atoms with E-state index in [4.69, 9.17) is 28.0 Å². The highest BCUT2D eigenvalue weighted by Crippen LogP contribution is 2.28. The van der Waals surface area contributed by atoms with E-state index in [2.05, 4.69) is 71.8 Å². The van der Waals surface area contributed by atoms with Gasteiger partial charge in [0.25, 0.3) is 11.5 Å². The fourth-order valence-electron chi connectivity index (χ4n) is 10.8. The number of aryl methyl sites for hydroxylation is 2. The Labute approximate surface area is 634 Å². The zero-order chi connectivity index (χ0) is 81.8. The Morgan fingerprint density at radius 3 is 1.67 bits per heavy atom. The summed E-state index contributed by atoms with van der Waals surface area (Å²) in [5.41, 5.74) is 18.6. The number of nitrogens with one attached hydrogen (secondary N) is 10. The van der Waals surface area contributed by atoms with Crippen LogP contribution < -0.4 is 60.1 Å². The number of aliphatic carboxylic acids is 7.